The maximum atomic E-state index is 14.4. The predicted molar refractivity (Wildman–Crippen MR) is 117 cm³/mol. The minimum absolute atomic E-state index is 0.134. The van der Waals surface area contributed by atoms with Crippen LogP contribution in [0.3, 0.4) is 0 Å². The number of hydrazine groups is 2. The van der Waals surface area contributed by atoms with Crippen molar-refractivity contribution in [3.63, 3.8) is 0 Å². The number of anilines is 1. The summed E-state index contributed by atoms with van der Waals surface area (Å²) in [6, 6.07) is 5.23. The number of amides is 1. The second-order valence-electron chi connectivity index (χ2n) is 7.31. The first-order chi connectivity index (χ1) is 16.1. The summed E-state index contributed by atoms with van der Waals surface area (Å²) >= 11 is 18.0. The molecule has 1 aliphatic heterocycles. The lowest BCUT2D eigenvalue weighted by Crippen LogP contribution is -2.50. The van der Waals surface area contributed by atoms with Crippen molar-refractivity contribution in [3.8, 4) is 0 Å². The zero-order valence-corrected chi connectivity index (χ0v) is 19.6. The maximum absolute atomic E-state index is 14.4. The van der Waals surface area contributed by atoms with Crippen LogP contribution in [-0.4, -0.2) is 18.3 Å². The second kappa shape index (κ2) is 9.57. The third kappa shape index (κ3) is 5.25. The van der Waals surface area contributed by atoms with Gasteiger partial charge in [0.25, 0.3) is 0 Å². The van der Waals surface area contributed by atoms with Gasteiger partial charge in [-0.3, -0.25) is 9.80 Å². The van der Waals surface area contributed by atoms with Crippen molar-refractivity contribution >= 4 is 52.1 Å². The third-order valence-electron chi connectivity index (χ3n) is 4.89. The van der Waals surface area contributed by atoms with Gasteiger partial charge in [-0.1, -0.05) is 40.9 Å². The highest BCUT2D eigenvalue weighted by atomic mass is 35.5. The Balaban J connectivity index is 1.98. The lowest BCUT2D eigenvalue weighted by atomic mass is 9.94. The van der Waals surface area contributed by atoms with Gasteiger partial charge in [0.15, 0.2) is 0 Å². The monoisotopic (exact) mass is 564 g/mol. The molecule has 0 bridgehead atoms. The smallest absolute Gasteiger partial charge is 0.352 e. The molecule has 190 valence electrons. The summed E-state index contributed by atoms with van der Waals surface area (Å²) in [7, 11) is 0. The van der Waals surface area contributed by atoms with E-state index in [1.165, 1.54) is 13.1 Å². The molecular formula is C20H14Cl3F7N4O. The van der Waals surface area contributed by atoms with Gasteiger partial charge in [0, 0.05) is 35.8 Å². The van der Waals surface area contributed by atoms with Crippen molar-refractivity contribution in [1.29, 1.82) is 0 Å². The summed E-state index contributed by atoms with van der Waals surface area (Å²) in [6.07, 6.45) is -11.3. The predicted octanol–water partition coefficient (Wildman–Crippen LogP) is 6.40. The van der Waals surface area contributed by atoms with E-state index in [1.54, 1.807) is 18.2 Å². The highest BCUT2D eigenvalue weighted by Crippen LogP contribution is 2.54. The van der Waals surface area contributed by atoms with Crippen molar-refractivity contribution in [2.24, 2.45) is 0 Å². The second-order valence-corrected chi connectivity index (χ2v) is 8.53. The van der Waals surface area contributed by atoms with E-state index in [0.717, 1.165) is 5.01 Å². The molecule has 1 amide bonds. The summed E-state index contributed by atoms with van der Waals surface area (Å²) in [5.74, 6) is -0.279. The van der Waals surface area contributed by atoms with E-state index >= 15 is 0 Å². The number of hydrogen-bond donors (Lipinski definition) is 3. The molecule has 0 aliphatic carbocycles. The van der Waals surface area contributed by atoms with Crippen LogP contribution in [-0.2, 0) is 17.0 Å². The molecule has 1 heterocycles. The minimum Gasteiger partial charge on any atom is -0.352 e. The van der Waals surface area contributed by atoms with Crippen molar-refractivity contribution in [1.82, 2.24) is 16.3 Å². The Morgan fingerprint density at radius 2 is 1.51 bits per heavy atom. The molecule has 15 heteroatoms. The summed E-state index contributed by atoms with van der Waals surface area (Å²) in [5, 5.41) is 2.69. The first kappa shape index (κ1) is 27.2. The summed E-state index contributed by atoms with van der Waals surface area (Å²) in [5.41, 5.74) is -0.912. The molecule has 35 heavy (non-hydrogen) atoms. The fourth-order valence-electron chi connectivity index (χ4n) is 3.16. The topological polar surface area (TPSA) is 56.4 Å². The van der Waals surface area contributed by atoms with Crippen LogP contribution in [0.5, 0.6) is 0 Å². The first-order valence-corrected chi connectivity index (χ1v) is 10.6. The number of nitrogens with one attached hydrogen (secondary N) is 3. The van der Waals surface area contributed by atoms with Crippen LogP contribution in [0.25, 0.3) is 5.70 Å². The number of benzene rings is 2. The first-order valence-electron chi connectivity index (χ1n) is 9.44. The van der Waals surface area contributed by atoms with Crippen LogP contribution in [0.4, 0.5) is 36.4 Å². The molecule has 3 N–H and O–H groups in total. The number of alkyl halides is 7. The fourth-order valence-corrected chi connectivity index (χ4v) is 4.01. The van der Waals surface area contributed by atoms with Crippen LogP contribution < -0.4 is 21.3 Å². The van der Waals surface area contributed by atoms with E-state index < -0.39 is 33.6 Å². The van der Waals surface area contributed by atoms with Crippen molar-refractivity contribution in [3.05, 3.63) is 68.3 Å². The van der Waals surface area contributed by atoms with E-state index in [0.29, 0.717) is 21.8 Å². The van der Waals surface area contributed by atoms with Crippen molar-refractivity contribution < 1.29 is 35.5 Å². The number of carbonyl (C=O) groups is 1. The zero-order valence-electron chi connectivity index (χ0n) is 17.3. The zero-order chi connectivity index (χ0) is 26.3. The molecule has 0 atom stereocenters. The third-order valence-corrected chi connectivity index (χ3v) is 5.84. The van der Waals surface area contributed by atoms with Gasteiger partial charge in [-0.05, 0) is 29.8 Å². The molecule has 0 radical (unpaired) electrons. The number of halogens is 10. The molecule has 1 aliphatic rings. The number of rotatable bonds is 5. The van der Waals surface area contributed by atoms with E-state index in [2.05, 4.69) is 16.3 Å². The van der Waals surface area contributed by atoms with Crippen LogP contribution in [0.15, 0.2) is 36.5 Å². The van der Waals surface area contributed by atoms with Crippen LogP contribution in [0, 0.1) is 0 Å². The number of hydrogen-bond acceptors (Lipinski definition) is 4. The Morgan fingerprint density at radius 3 is 2.03 bits per heavy atom. The summed E-state index contributed by atoms with van der Waals surface area (Å²) in [4.78, 5) is 11.2. The van der Waals surface area contributed by atoms with Gasteiger partial charge in [0.1, 0.15) is 0 Å². The lowest BCUT2D eigenvalue weighted by molar-refractivity contribution is -0.348. The van der Waals surface area contributed by atoms with Gasteiger partial charge in [-0.2, -0.15) is 26.3 Å². The summed E-state index contributed by atoms with van der Waals surface area (Å²) < 4.78 is 93.0. The average Bonchev–Trinajstić information content (AvgIpc) is 3.19. The number of carbonyl (C=O) groups excluding carboxylic acids is 1. The number of nitrogens with zero attached hydrogens (tertiary/aromatic N) is 1. The van der Waals surface area contributed by atoms with Crippen LogP contribution in [0.2, 0.25) is 15.1 Å². The molecule has 0 aromatic heterocycles. The largest absolute Gasteiger partial charge is 0.435 e. The van der Waals surface area contributed by atoms with Gasteiger partial charge in [0.2, 0.25) is 5.91 Å². The van der Waals surface area contributed by atoms with E-state index in [1.807, 2.05) is 0 Å². The Labute approximate surface area is 208 Å². The van der Waals surface area contributed by atoms with E-state index in [4.69, 9.17) is 34.8 Å². The van der Waals surface area contributed by atoms with Crippen molar-refractivity contribution in [2.45, 2.75) is 31.5 Å². The molecule has 2 aromatic rings. The Morgan fingerprint density at radius 1 is 0.943 bits per heavy atom. The highest BCUT2D eigenvalue weighted by Gasteiger charge is 2.73. The highest BCUT2D eigenvalue weighted by molar-refractivity contribution is 6.39. The van der Waals surface area contributed by atoms with Gasteiger partial charge in [-0.25, -0.2) is 4.39 Å². The van der Waals surface area contributed by atoms with E-state index in [-0.39, 0.29) is 30.3 Å². The molecule has 0 spiro atoms. The lowest BCUT2D eigenvalue weighted by Gasteiger charge is -2.31. The standard InChI is InChI=1S/C20H14Cl3F7N4O/c1-9(35)31-7-11-4-10(2-3-13(11)21)16-8-34(33-32-16)17-14(22)5-12(6-15(17)23)18(24,19(25,26)27)20(28,29)30/h2-6,8,32-33H,7H2,1H3,(H,31,35). The van der Waals surface area contributed by atoms with Gasteiger partial charge < -0.3 is 10.7 Å². The molecular weight excluding hydrogens is 552 g/mol. The van der Waals surface area contributed by atoms with Gasteiger partial charge in [-0.15, -0.1) is 5.53 Å². The van der Waals surface area contributed by atoms with Crippen LogP contribution >= 0.6 is 34.8 Å². The molecule has 0 saturated heterocycles. The molecule has 0 saturated carbocycles. The molecule has 0 fully saturated rings. The average molecular weight is 566 g/mol. The Bertz CT molecular complexity index is 1150. The molecule has 2 aromatic carbocycles. The Hall–Kier alpha value is -2.41. The normalized spacial score (nSPS) is 14.6. The van der Waals surface area contributed by atoms with Crippen LogP contribution in [0.1, 0.15) is 23.6 Å². The molecule has 3 rings (SSSR count). The van der Waals surface area contributed by atoms with Gasteiger partial charge >= 0.3 is 18.0 Å². The fraction of sp³-hybridized carbons (Fsp3) is 0.250. The van der Waals surface area contributed by atoms with Gasteiger partial charge in [0.05, 0.1) is 21.4 Å². The summed E-state index contributed by atoms with van der Waals surface area (Å²) in [6.45, 7) is 1.46. The molecule has 5 nitrogen and oxygen atoms in total. The maximum Gasteiger partial charge on any atom is 0.435 e. The minimum atomic E-state index is -6.32. The SMILES string of the molecule is CC(=O)NCc1cc(C2=CN(c3c(Cl)cc(C(F)(C(F)(F)F)C(F)(F)F)cc3Cl)NN2)ccc1Cl. The van der Waals surface area contributed by atoms with Crippen molar-refractivity contribution in [2.75, 3.05) is 5.01 Å². The molecule has 0 unspecified atom stereocenters. The quantitative estimate of drug-likeness (QED) is 0.368. The van der Waals surface area contributed by atoms with E-state index in [9.17, 15) is 35.5 Å². The Kier molecular flexibility index (Phi) is 7.43.